The van der Waals surface area contributed by atoms with Crippen LogP contribution in [0.15, 0.2) is 0 Å². The van der Waals surface area contributed by atoms with Gasteiger partial charge in [0.25, 0.3) is 0 Å². The average Bonchev–Trinajstić information content (AvgIpc) is 2.93. The second kappa shape index (κ2) is 28.4. The van der Waals surface area contributed by atoms with Gasteiger partial charge in [0.15, 0.2) is 5.78 Å². The van der Waals surface area contributed by atoms with Gasteiger partial charge in [-0.15, -0.1) is 0 Å². The number of ketones is 1. The topological polar surface area (TPSA) is 34.1 Å². The van der Waals surface area contributed by atoms with Crippen LogP contribution in [0.25, 0.3) is 0 Å². The van der Waals surface area contributed by atoms with Crippen LogP contribution in [0.5, 0.6) is 0 Å². The monoisotopic (exact) mass is 565 g/mol. The summed E-state index contributed by atoms with van der Waals surface area (Å²) < 4.78 is 0.287. The molecule has 0 heterocycles. The molecule has 0 N–H and O–H groups in total. The van der Waals surface area contributed by atoms with E-state index < -0.39 is 0 Å². The molecule has 0 aromatic rings. The number of hydrogen-bond donors (Lipinski definition) is 0. The van der Waals surface area contributed by atoms with Crippen molar-refractivity contribution >= 4 is 11.7 Å². The first-order valence-electron chi connectivity index (χ1n) is 18.3. The van der Waals surface area contributed by atoms with Gasteiger partial charge in [0, 0.05) is 6.42 Å². The Hall–Kier alpha value is -0.700. The Bertz CT molecular complexity index is 573. The Labute approximate surface area is 252 Å². The van der Waals surface area contributed by atoms with Gasteiger partial charge in [-0.1, -0.05) is 168 Å². The lowest BCUT2D eigenvalue weighted by molar-refractivity contribution is -0.848. The van der Waals surface area contributed by atoms with Gasteiger partial charge in [0.1, 0.15) is 6.54 Å². The van der Waals surface area contributed by atoms with Gasteiger partial charge in [-0.05, 0) is 26.7 Å². The van der Waals surface area contributed by atoms with E-state index in [1.165, 1.54) is 141 Å². The summed E-state index contributed by atoms with van der Waals surface area (Å²) in [7, 11) is 2.00. The van der Waals surface area contributed by atoms with Crippen molar-refractivity contribution in [2.45, 2.75) is 214 Å². The first-order chi connectivity index (χ1) is 19.4. The average molecular weight is 565 g/mol. The van der Waals surface area contributed by atoms with Crippen molar-refractivity contribution in [3.05, 3.63) is 0 Å². The molecule has 0 aromatic heterocycles. The Morgan fingerprint density at radius 1 is 0.450 bits per heavy atom. The fourth-order valence-electron chi connectivity index (χ4n) is 5.89. The van der Waals surface area contributed by atoms with Crippen LogP contribution < -0.4 is 0 Å². The Kier molecular flexibility index (Phi) is 27.9. The summed E-state index contributed by atoms with van der Waals surface area (Å²) in [4.78, 5) is 25.9. The number of carbonyl (C=O) groups excluding carboxylic acids is 2. The standard InChI is InChI=1S/C37H74NO2/c1-6-8-10-12-14-16-18-20-22-24-26-28-30-32-36(39)34-38(5,35(3)4)37(40)33-31-29-27-25-23-21-19-17-15-13-11-9-7-2/h35H,6-34H2,1-5H3/q+1. The zero-order valence-electron chi connectivity index (χ0n) is 28.3. The molecule has 0 rings (SSSR count). The third kappa shape index (κ3) is 22.9. The van der Waals surface area contributed by atoms with Crippen molar-refractivity contribution in [3.8, 4) is 0 Å². The van der Waals surface area contributed by atoms with Crippen LogP contribution in [0.3, 0.4) is 0 Å². The highest BCUT2D eigenvalue weighted by molar-refractivity contribution is 5.82. The minimum Gasteiger partial charge on any atom is -0.293 e. The molecule has 0 fully saturated rings. The lowest BCUT2D eigenvalue weighted by atomic mass is 10.0. The SMILES string of the molecule is CCCCCCCCCCCCCCCC(=O)C[N+](C)(C(=O)CCCCCCCCCCCCCCC)C(C)C. The molecule has 0 aliphatic heterocycles. The van der Waals surface area contributed by atoms with Crippen molar-refractivity contribution < 1.29 is 14.1 Å². The number of unbranched alkanes of at least 4 members (excludes halogenated alkanes) is 24. The molecular weight excluding hydrogens is 490 g/mol. The summed E-state index contributed by atoms with van der Waals surface area (Å²) in [6, 6.07) is 0.157. The molecule has 0 bridgehead atoms. The number of quaternary nitrogens is 1. The zero-order chi connectivity index (χ0) is 29.7. The van der Waals surface area contributed by atoms with Gasteiger partial charge in [0.2, 0.25) is 0 Å². The number of likely N-dealkylation sites (N-methyl/N-ethyl adjacent to an activating group) is 1. The van der Waals surface area contributed by atoms with E-state index in [1.54, 1.807) is 0 Å². The van der Waals surface area contributed by atoms with Crippen LogP contribution in [-0.4, -0.2) is 35.8 Å². The zero-order valence-corrected chi connectivity index (χ0v) is 28.3. The number of Topliss-reactive ketones (excluding diaryl/α,β-unsaturated/α-hetero) is 1. The minimum atomic E-state index is 0.157. The summed E-state index contributed by atoms with van der Waals surface area (Å²) >= 11 is 0. The lowest BCUT2D eigenvalue weighted by Crippen LogP contribution is -2.56. The van der Waals surface area contributed by atoms with E-state index >= 15 is 0 Å². The molecule has 0 saturated carbocycles. The van der Waals surface area contributed by atoms with Gasteiger partial charge >= 0.3 is 5.91 Å². The van der Waals surface area contributed by atoms with Gasteiger partial charge < -0.3 is 0 Å². The van der Waals surface area contributed by atoms with Crippen LogP contribution in [0.2, 0.25) is 0 Å². The van der Waals surface area contributed by atoms with E-state index in [0.29, 0.717) is 19.4 Å². The maximum atomic E-state index is 13.2. The molecule has 0 aromatic carbocycles. The molecule has 0 aliphatic carbocycles. The van der Waals surface area contributed by atoms with Gasteiger partial charge in [-0.2, -0.15) is 0 Å². The molecular formula is C37H74NO2+. The van der Waals surface area contributed by atoms with E-state index in [1.807, 2.05) is 7.05 Å². The second-order valence-electron chi connectivity index (χ2n) is 13.4. The van der Waals surface area contributed by atoms with E-state index in [4.69, 9.17) is 0 Å². The van der Waals surface area contributed by atoms with Crippen LogP contribution in [0.1, 0.15) is 207 Å². The number of nitrogens with zero attached hydrogens (tertiary/aromatic N) is 1. The molecule has 3 nitrogen and oxygen atoms in total. The number of rotatable bonds is 31. The van der Waals surface area contributed by atoms with E-state index in [9.17, 15) is 9.59 Å². The third-order valence-corrected chi connectivity index (χ3v) is 9.27. The summed E-state index contributed by atoms with van der Waals surface area (Å²) in [5.74, 6) is 0.537. The van der Waals surface area contributed by atoms with Crippen molar-refractivity contribution in [2.24, 2.45) is 0 Å². The number of hydrogen-bond acceptors (Lipinski definition) is 2. The molecule has 0 radical (unpaired) electrons. The number of amides is 1. The predicted molar refractivity (Wildman–Crippen MR) is 177 cm³/mol. The van der Waals surface area contributed by atoms with Crippen molar-refractivity contribution in [1.82, 2.24) is 0 Å². The molecule has 1 atom stereocenters. The third-order valence-electron chi connectivity index (χ3n) is 9.27. The quantitative estimate of drug-likeness (QED) is 0.0619. The van der Waals surface area contributed by atoms with Gasteiger partial charge in [-0.25, -0.2) is 4.79 Å². The predicted octanol–water partition coefficient (Wildman–Crippen LogP) is 11.9. The smallest absolute Gasteiger partial charge is 0.293 e. The summed E-state index contributed by atoms with van der Waals surface area (Å²) in [6.45, 7) is 9.13. The molecule has 0 saturated heterocycles. The van der Waals surface area contributed by atoms with Crippen molar-refractivity contribution in [3.63, 3.8) is 0 Å². The normalized spacial score (nSPS) is 13.2. The largest absolute Gasteiger partial charge is 0.314 e. The summed E-state index contributed by atoms with van der Waals surface area (Å²) in [5.41, 5.74) is 0. The second-order valence-corrected chi connectivity index (χ2v) is 13.4. The maximum absolute atomic E-state index is 13.2. The molecule has 1 unspecified atom stereocenters. The number of carbonyl (C=O) groups is 2. The molecule has 0 spiro atoms. The van der Waals surface area contributed by atoms with Crippen LogP contribution >= 0.6 is 0 Å². The van der Waals surface area contributed by atoms with E-state index in [-0.39, 0.29) is 22.2 Å². The summed E-state index contributed by atoms with van der Waals surface area (Å²) in [5, 5.41) is 0. The van der Waals surface area contributed by atoms with Crippen LogP contribution in [-0.2, 0) is 9.59 Å². The molecule has 40 heavy (non-hydrogen) atoms. The highest BCUT2D eigenvalue weighted by Gasteiger charge is 2.36. The molecule has 1 amide bonds. The molecule has 0 aliphatic rings. The molecule has 238 valence electrons. The fraction of sp³-hybridized carbons (Fsp3) is 0.946. The van der Waals surface area contributed by atoms with E-state index in [2.05, 4.69) is 27.7 Å². The molecule has 3 heteroatoms. The fourth-order valence-corrected chi connectivity index (χ4v) is 5.89. The first-order valence-corrected chi connectivity index (χ1v) is 18.3. The maximum Gasteiger partial charge on any atom is 0.314 e. The van der Waals surface area contributed by atoms with Crippen molar-refractivity contribution in [2.75, 3.05) is 13.6 Å². The first kappa shape index (κ1) is 39.3. The Balaban J connectivity index is 3.85. The minimum absolute atomic E-state index is 0.157. The van der Waals surface area contributed by atoms with Crippen LogP contribution in [0, 0.1) is 0 Å². The Morgan fingerprint density at radius 3 is 1.02 bits per heavy atom. The van der Waals surface area contributed by atoms with Gasteiger partial charge in [0.05, 0.1) is 19.5 Å². The highest BCUT2D eigenvalue weighted by Crippen LogP contribution is 2.19. The highest BCUT2D eigenvalue weighted by atomic mass is 16.2. The van der Waals surface area contributed by atoms with Crippen molar-refractivity contribution in [1.29, 1.82) is 0 Å². The van der Waals surface area contributed by atoms with E-state index in [0.717, 1.165) is 25.7 Å². The van der Waals surface area contributed by atoms with Gasteiger partial charge in [-0.3, -0.25) is 9.28 Å². The van der Waals surface area contributed by atoms with Crippen LogP contribution in [0.4, 0.5) is 0 Å². The Morgan fingerprint density at radius 2 is 0.725 bits per heavy atom. The lowest BCUT2D eigenvalue weighted by Gasteiger charge is -2.35. The summed E-state index contributed by atoms with van der Waals surface area (Å²) in [6.07, 6.45) is 35.6.